The summed E-state index contributed by atoms with van der Waals surface area (Å²) in [4.78, 5) is 0. The summed E-state index contributed by atoms with van der Waals surface area (Å²) in [7, 11) is -5.70. The van der Waals surface area contributed by atoms with Gasteiger partial charge in [0, 0.05) is 5.04 Å². The molecule has 0 amide bonds. The SMILES string of the molecule is C[SiH](C)O[SiH](O[Si](C)(C)O[SiH](C)C)C(C)(C)C. The molecule has 0 saturated heterocycles. The lowest BCUT2D eigenvalue weighted by molar-refractivity contribution is 0.329. The highest BCUT2D eigenvalue weighted by molar-refractivity contribution is 6.79. The third kappa shape index (κ3) is 8.46. The molecule has 17 heavy (non-hydrogen) atoms. The average molecular weight is 311 g/mol. The zero-order valence-corrected chi connectivity index (χ0v) is 17.4. The molecular formula is C10H30O3Si4. The Morgan fingerprint density at radius 2 is 1.29 bits per heavy atom. The van der Waals surface area contributed by atoms with Crippen LogP contribution in [0.4, 0.5) is 0 Å². The van der Waals surface area contributed by atoms with Crippen molar-refractivity contribution in [2.45, 2.75) is 65.1 Å². The fourth-order valence-corrected chi connectivity index (χ4v) is 14.6. The van der Waals surface area contributed by atoms with Gasteiger partial charge in [0.15, 0.2) is 18.1 Å². The van der Waals surface area contributed by atoms with Crippen LogP contribution in [0.25, 0.3) is 0 Å². The zero-order chi connectivity index (χ0) is 13.9. The van der Waals surface area contributed by atoms with E-state index in [-0.39, 0.29) is 5.04 Å². The van der Waals surface area contributed by atoms with E-state index in [9.17, 15) is 0 Å². The molecule has 0 fully saturated rings. The van der Waals surface area contributed by atoms with Crippen molar-refractivity contribution in [2.75, 3.05) is 0 Å². The largest absolute Gasteiger partial charge is 0.441 e. The van der Waals surface area contributed by atoms with Crippen molar-refractivity contribution >= 4 is 35.9 Å². The minimum atomic E-state index is -1.99. The lowest BCUT2D eigenvalue weighted by Gasteiger charge is -2.37. The highest BCUT2D eigenvalue weighted by Crippen LogP contribution is 2.31. The fraction of sp³-hybridized carbons (Fsp3) is 1.00. The Morgan fingerprint density at radius 1 is 0.824 bits per heavy atom. The maximum Gasteiger partial charge on any atom is 0.312 e. The average Bonchev–Trinajstić information content (AvgIpc) is 1.96. The molecular weight excluding hydrogens is 280 g/mol. The monoisotopic (exact) mass is 310 g/mol. The first-order chi connectivity index (χ1) is 7.44. The van der Waals surface area contributed by atoms with E-state index >= 15 is 0 Å². The van der Waals surface area contributed by atoms with Crippen molar-refractivity contribution in [1.82, 2.24) is 0 Å². The molecule has 0 aliphatic carbocycles. The molecule has 0 N–H and O–H groups in total. The van der Waals surface area contributed by atoms with E-state index in [0.29, 0.717) is 0 Å². The molecule has 1 unspecified atom stereocenters. The molecule has 0 bridgehead atoms. The molecule has 0 saturated carbocycles. The van der Waals surface area contributed by atoms with Gasteiger partial charge in [0.25, 0.3) is 0 Å². The normalized spacial score (nSPS) is 15.7. The van der Waals surface area contributed by atoms with Gasteiger partial charge in [0.1, 0.15) is 0 Å². The summed E-state index contributed by atoms with van der Waals surface area (Å²) in [6, 6.07) is 0. The van der Waals surface area contributed by atoms with Crippen molar-refractivity contribution in [3.63, 3.8) is 0 Å². The van der Waals surface area contributed by atoms with Gasteiger partial charge in [-0.05, 0) is 39.3 Å². The smallest absolute Gasteiger partial charge is 0.312 e. The Labute approximate surface area is 113 Å². The minimum Gasteiger partial charge on any atom is -0.441 e. The molecule has 7 heteroatoms. The van der Waals surface area contributed by atoms with E-state index in [1.807, 2.05) is 0 Å². The zero-order valence-electron chi connectivity index (χ0n) is 13.0. The molecule has 0 aromatic heterocycles. The Balaban J connectivity index is 4.63. The van der Waals surface area contributed by atoms with Crippen molar-refractivity contribution < 1.29 is 12.3 Å². The van der Waals surface area contributed by atoms with Crippen molar-refractivity contribution in [2.24, 2.45) is 0 Å². The van der Waals surface area contributed by atoms with Gasteiger partial charge < -0.3 is 12.3 Å². The lowest BCUT2D eigenvalue weighted by Crippen LogP contribution is -2.49. The third-order valence-corrected chi connectivity index (χ3v) is 13.9. The van der Waals surface area contributed by atoms with Crippen LogP contribution in [-0.2, 0) is 12.3 Å². The summed E-state index contributed by atoms with van der Waals surface area (Å²) in [6.45, 7) is 19.8. The van der Waals surface area contributed by atoms with E-state index in [1.165, 1.54) is 0 Å². The molecule has 1 atom stereocenters. The first-order valence-electron chi connectivity index (χ1n) is 6.45. The maximum atomic E-state index is 6.33. The summed E-state index contributed by atoms with van der Waals surface area (Å²) in [5, 5.41) is 0.142. The highest BCUT2D eigenvalue weighted by Gasteiger charge is 2.38. The molecule has 0 spiro atoms. The maximum absolute atomic E-state index is 6.33. The Morgan fingerprint density at radius 3 is 1.59 bits per heavy atom. The van der Waals surface area contributed by atoms with Crippen LogP contribution in [0.3, 0.4) is 0 Å². The quantitative estimate of drug-likeness (QED) is 0.706. The van der Waals surface area contributed by atoms with Crippen molar-refractivity contribution in [3.05, 3.63) is 0 Å². The molecule has 0 radical (unpaired) electrons. The van der Waals surface area contributed by atoms with E-state index in [0.717, 1.165) is 0 Å². The Bertz CT molecular complexity index is 226. The van der Waals surface area contributed by atoms with Crippen LogP contribution >= 0.6 is 0 Å². The molecule has 0 aromatic rings. The highest BCUT2D eigenvalue weighted by atomic mass is 28.5. The molecule has 0 aliphatic rings. The summed E-state index contributed by atoms with van der Waals surface area (Å²) < 4.78 is 18.6. The minimum absolute atomic E-state index is 0.142. The first-order valence-corrected chi connectivity index (χ1v) is 16.3. The number of rotatable bonds is 6. The van der Waals surface area contributed by atoms with Gasteiger partial charge in [0.05, 0.1) is 0 Å². The van der Waals surface area contributed by atoms with Crippen molar-refractivity contribution in [1.29, 1.82) is 0 Å². The van der Waals surface area contributed by atoms with E-state index in [2.05, 4.69) is 60.1 Å². The van der Waals surface area contributed by atoms with Crippen LogP contribution in [0.2, 0.25) is 44.3 Å². The van der Waals surface area contributed by atoms with Crippen LogP contribution in [0, 0.1) is 0 Å². The Hall–Kier alpha value is 0.748. The standard InChI is InChI=1S/C10H30O3Si4/c1-10(2,3)16(11-14(4)5)13-17(8,9)12-15(6)7/h14-16H,1-9H3. The molecule has 0 rings (SSSR count). The predicted octanol–water partition coefficient (Wildman–Crippen LogP) is 2.73. The van der Waals surface area contributed by atoms with Gasteiger partial charge in [-0.15, -0.1) is 0 Å². The van der Waals surface area contributed by atoms with Crippen LogP contribution in [-0.4, -0.2) is 35.9 Å². The van der Waals surface area contributed by atoms with Gasteiger partial charge in [-0.2, -0.15) is 0 Å². The van der Waals surface area contributed by atoms with Gasteiger partial charge in [-0.1, -0.05) is 20.8 Å². The molecule has 3 nitrogen and oxygen atoms in total. The fourth-order valence-electron chi connectivity index (χ4n) is 1.51. The second kappa shape index (κ2) is 6.78. The summed E-state index contributed by atoms with van der Waals surface area (Å²) in [6.07, 6.45) is 0. The van der Waals surface area contributed by atoms with Gasteiger partial charge in [0.2, 0.25) is 0 Å². The van der Waals surface area contributed by atoms with E-state index < -0.39 is 35.9 Å². The van der Waals surface area contributed by atoms with Crippen LogP contribution in [0.5, 0.6) is 0 Å². The van der Waals surface area contributed by atoms with Crippen LogP contribution < -0.4 is 0 Å². The lowest BCUT2D eigenvalue weighted by atomic mass is 10.3. The topological polar surface area (TPSA) is 27.7 Å². The molecule has 0 aromatic carbocycles. The van der Waals surface area contributed by atoms with Crippen LogP contribution in [0.15, 0.2) is 0 Å². The number of hydrogen-bond donors (Lipinski definition) is 0. The predicted molar refractivity (Wildman–Crippen MR) is 85.4 cm³/mol. The van der Waals surface area contributed by atoms with Gasteiger partial charge in [-0.25, -0.2) is 0 Å². The number of hydrogen-bond acceptors (Lipinski definition) is 3. The third-order valence-electron chi connectivity index (χ3n) is 2.01. The molecule has 0 heterocycles. The van der Waals surface area contributed by atoms with Gasteiger partial charge >= 0.3 is 17.8 Å². The Kier molecular flexibility index (Phi) is 7.08. The molecule has 0 aliphatic heterocycles. The summed E-state index contributed by atoms with van der Waals surface area (Å²) >= 11 is 0. The first kappa shape index (κ1) is 17.7. The molecule has 104 valence electrons. The summed E-state index contributed by atoms with van der Waals surface area (Å²) in [5.74, 6) is 0. The summed E-state index contributed by atoms with van der Waals surface area (Å²) in [5.41, 5.74) is 0. The second-order valence-electron chi connectivity index (χ2n) is 6.57. The van der Waals surface area contributed by atoms with E-state index in [4.69, 9.17) is 12.3 Å². The van der Waals surface area contributed by atoms with Crippen molar-refractivity contribution in [3.8, 4) is 0 Å². The van der Waals surface area contributed by atoms with E-state index in [1.54, 1.807) is 0 Å². The second-order valence-corrected chi connectivity index (χ2v) is 18.9. The van der Waals surface area contributed by atoms with Gasteiger partial charge in [-0.3, -0.25) is 0 Å². The van der Waals surface area contributed by atoms with Crippen LogP contribution in [0.1, 0.15) is 20.8 Å².